The van der Waals surface area contributed by atoms with Crippen molar-refractivity contribution in [1.29, 1.82) is 0 Å². The lowest BCUT2D eigenvalue weighted by atomic mass is 10.0. The zero-order valence-corrected chi connectivity index (χ0v) is 13.9. The zero-order valence-electron chi connectivity index (χ0n) is 13.1. The van der Waals surface area contributed by atoms with Gasteiger partial charge in [0.1, 0.15) is 23.4 Å². The molecule has 0 aromatic carbocycles. The number of ether oxygens (including phenoxy) is 1. The number of nitrogens with one attached hydrogen (secondary N) is 1. The minimum Gasteiger partial charge on any atom is -0.370 e. The predicted octanol–water partition coefficient (Wildman–Crippen LogP) is 0.914. The zero-order chi connectivity index (χ0) is 16.1. The summed E-state index contributed by atoms with van der Waals surface area (Å²) in [6, 6.07) is 0. The van der Waals surface area contributed by atoms with Crippen molar-refractivity contribution in [2.45, 2.75) is 25.4 Å². The first-order valence-corrected chi connectivity index (χ1v) is 9.74. The van der Waals surface area contributed by atoms with Crippen LogP contribution in [0.3, 0.4) is 0 Å². The van der Waals surface area contributed by atoms with Crippen molar-refractivity contribution >= 4 is 26.7 Å². The van der Waals surface area contributed by atoms with Gasteiger partial charge in [0.25, 0.3) is 0 Å². The van der Waals surface area contributed by atoms with Gasteiger partial charge >= 0.3 is 0 Å². The van der Waals surface area contributed by atoms with Gasteiger partial charge in [0.05, 0.1) is 23.5 Å². The average Bonchev–Trinajstić information content (AvgIpc) is 3.08. The highest BCUT2D eigenvalue weighted by Crippen LogP contribution is 2.34. The second kappa shape index (κ2) is 5.17. The van der Waals surface area contributed by atoms with Gasteiger partial charge in [0, 0.05) is 19.3 Å². The molecule has 2 fully saturated rings. The molecule has 1 N–H and O–H groups in total. The van der Waals surface area contributed by atoms with E-state index in [2.05, 4.69) is 26.8 Å². The first kappa shape index (κ1) is 14.9. The normalized spacial score (nSPS) is 27.1. The molecule has 0 amide bonds. The highest BCUT2D eigenvalue weighted by molar-refractivity contribution is 7.91. The molecule has 2 aromatic rings. The molecule has 2 aromatic heterocycles. The van der Waals surface area contributed by atoms with E-state index in [9.17, 15) is 8.42 Å². The number of H-pyrrole nitrogens is 1. The number of rotatable bonds is 2. The quantitative estimate of drug-likeness (QED) is 0.877. The Hall–Kier alpha value is -1.67. The maximum atomic E-state index is 11.9. The van der Waals surface area contributed by atoms with Crippen LogP contribution in [0, 0.1) is 0 Å². The molecule has 0 radical (unpaired) electrons. The van der Waals surface area contributed by atoms with Crippen LogP contribution in [-0.4, -0.2) is 60.2 Å². The average molecular weight is 336 g/mol. The Morgan fingerprint density at radius 1 is 1.43 bits per heavy atom. The predicted molar refractivity (Wildman–Crippen MR) is 87.4 cm³/mol. The first-order valence-electron chi connectivity index (χ1n) is 7.92. The summed E-state index contributed by atoms with van der Waals surface area (Å²) in [5.74, 6) is 1.20. The number of fused-ring (bicyclic) bond motifs is 1. The van der Waals surface area contributed by atoms with Crippen molar-refractivity contribution in [3.05, 3.63) is 18.1 Å². The van der Waals surface area contributed by atoms with Crippen LogP contribution < -0.4 is 4.90 Å². The van der Waals surface area contributed by atoms with E-state index < -0.39 is 15.4 Å². The Morgan fingerprint density at radius 2 is 2.30 bits per heavy atom. The SMILES string of the molecule is CCc1c[nH]c2ncnc(N3CCOC4(CCS(=O)(=O)C4)C3)c12. The van der Waals surface area contributed by atoms with Gasteiger partial charge in [-0.15, -0.1) is 0 Å². The van der Waals surface area contributed by atoms with Gasteiger partial charge in [-0.3, -0.25) is 0 Å². The molecular weight excluding hydrogens is 316 g/mol. The van der Waals surface area contributed by atoms with Gasteiger partial charge in [0.2, 0.25) is 0 Å². The van der Waals surface area contributed by atoms with Crippen LogP contribution in [0.2, 0.25) is 0 Å². The fourth-order valence-corrected chi connectivity index (χ4v) is 5.63. The van der Waals surface area contributed by atoms with E-state index in [0.717, 1.165) is 23.3 Å². The lowest BCUT2D eigenvalue weighted by Crippen LogP contribution is -2.53. The van der Waals surface area contributed by atoms with Crippen molar-refractivity contribution in [2.75, 3.05) is 36.1 Å². The van der Waals surface area contributed by atoms with Crippen LogP contribution in [0.5, 0.6) is 0 Å². The molecule has 23 heavy (non-hydrogen) atoms. The van der Waals surface area contributed by atoms with E-state index >= 15 is 0 Å². The van der Waals surface area contributed by atoms with Crippen molar-refractivity contribution in [3.63, 3.8) is 0 Å². The van der Waals surface area contributed by atoms with Crippen LogP contribution in [-0.2, 0) is 21.0 Å². The lowest BCUT2D eigenvalue weighted by Gasteiger charge is -2.40. The topological polar surface area (TPSA) is 88.2 Å². The van der Waals surface area contributed by atoms with Crippen LogP contribution in [0.25, 0.3) is 11.0 Å². The molecule has 2 aliphatic heterocycles. The second-order valence-electron chi connectivity index (χ2n) is 6.38. The number of nitrogens with zero attached hydrogens (tertiary/aromatic N) is 3. The molecule has 4 rings (SSSR count). The van der Waals surface area contributed by atoms with Crippen molar-refractivity contribution in [2.24, 2.45) is 0 Å². The second-order valence-corrected chi connectivity index (χ2v) is 8.57. The third-order valence-electron chi connectivity index (χ3n) is 4.81. The largest absolute Gasteiger partial charge is 0.370 e. The molecule has 7 nitrogen and oxygen atoms in total. The molecule has 4 heterocycles. The summed E-state index contributed by atoms with van der Waals surface area (Å²) in [5.41, 5.74) is 1.42. The van der Waals surface area contributed by atoms with Crippen LogP contribution in [0.4, 0.5) is 5.82 Å². The Kier molecular flexibility index (Phi) is 3.35. The van der Waals surface area contributed by atoms with Gasteiger partial charge < -0.3 is 14.6 Å². The van der Waals surface area contributed by atoms with E-state index in [1.807, 2.05) is 6.20 Å². The Morgan fingerprint density at radius 3 is 3.04 bits per heavy atom. The first-order chi connectivity index (χ1) is 11.0. The summed E-state index contributed by atoms with van der Waals surface area (Å²) >= 11 is 0. The maximum Gasteiger partial charge on any atom is 0.153 e. The molecule has 0 aliphatic carbocycles. The van der Waals surface area contributed by atoms with E-state index in [1.165, 1.54) is 5.56 Å². The number of hydrogen-bond donors (Lipinski definition) is 1. The molecule has 124 valence electrons. The number of morpholine rings is 1. The Bertz CT molecular complexity index is 848. The summed E-state index contributed by atoms with van der Waals surface area (Å²) in [7, 11) is -3.00. The summed E-state index contributed by atoms with van der Waals surface area (Å²) in [5, 5.41) is 1.04. The molecule has 8 heteroatoms. The summed E-state index contributed by atoms with van der Waals surface area (Å²) in [4.78, 5) is 14.1. The minimum atomic E-state index is -3.00. The minimum absolute atomic E-state index is 0.110. The summed E-state index contributed by atoms with van der Waals surface area (Å²) < 4.78 is 29.7. The lowest BCUT2D eigenvalue weighted by molar-refractivity contribution is -0.0361. The molecule has 1 atom stereocenters. The fourth-order valence-electron chi connectivity index (χ4n) is 3.68. The number of anilines is 1. The Balaban J connectivity index is 1.72. The van der Waals surface area contributed by atoms with Gasteiger partial charge in [-0.2, -0.15) is 0 Å². The number of hydrogen-bond acceptors (Lipinski definition) is 6. The van der Waals surface area contributed by atoms with E-state index in [4.69, 9.17) is 4.74 Å². The standard InChI is InChI=1S/C15H20N4O3S/c1-2-11-7-16-13-12(11)14(18-10-17-13)19-4-5-22-15(8-19)3-6-23(20,21)9-15/h7,10H,2-6,8-9H2,1H3,(H,16,17,18). The third-order valence-corrected chi connectivity index (χ3v) is 6.60. The van der Waals surface area contributed by atoms with E-state index in [0.29, 0.717) is 26.1 Å². The maximum absolute atomic E-state index is 11.9. The van der Waals surface area contributed by atoms with E-state index in [1.54, 1.807) is 6.33 Å². The van der Waals surface area contributed by atoms with E-state index in [-0.39, 0.29) is 11.5 Å². The van der Waals surface area contributed by atoms with Crippen LogP contribution in [0.1, 0.15) is 18.9 Å². The van der Waals surface area contributed by atoms with Crippen molar-refractivity contribution in [3.8, 4) is 0 Å². The molecule has 0 saturated carbocycles. The van der Waals surface area contributed by atoms with Gasteiger partial charge in [-0.25, -0.2) is 18.4 Å². The molecule has 2 aliphatic rings. The molecular formula is C15H20N4O3S. The number of aromatic amines is 1. The fraction of sp³-hybridized carbons (Fsp3) is 0.600. The summed E-state index contributed by atoms with van der Waals surface area (Å²) in [6.07, 6.45) is 4.98. The molecule has 0 bridgehead atoms. The highest BCUT2D eigenvalue weighted by Gasteiger charge is 2.46. The summed E-state index contributed by atoms with van der Waals surface area (Å²) in [6.45, 7) is 3.89. The molecule has 1 unspecified atom stereocenters. The number of aryl methyl sites for hydroxylation is 1. The van der Waals surface area contributed by atoms with Gasteiger partial charge in [0.15, 0.2) is 9.84 Å². The highest BCUT2D eigenvalue weighted by atomic mass is 32.2. The molecule has 2 saturated heterocycles. The smallest absolute Gasteiger partial charge is 0.153 e. The monoisotopic (exact) mass is 336 g/mol. The van der Waals surface area contributed by atoms with Gasteiger partial charge in [-0.1, -0.05) is 6.92 Å². The van der Waals surface area contributed by atoms with Crippen molar-refractivity contribution < 1.29 is 13.2 Å². The Labute approximate surface area is 135 Å². The van der Waals surface area contributed by atoms with Crippen molar-refractivity contribution in [1.82, 2.24) is 15.0 Å². The van der Waals surface area contributed by atoms with Crippen LogP contribution in [0.15, 0.2) is 12.5 Å². The van der Waals surface area contributed by atoms with Crippen LogP contribution >= 0.6 is 0 Å². The van der Waals surface area contributed by atoms with Gasteiger partial charge in [-0.05, 0) is 18.4 Å². The molecule has 1 spiro atoms. The third kappa shape index (κ3) is 2.49. The number of aromatic nitrogens is 3. The number of sulfone groups is 1.